The van der Waals surface area contributed by atoms with Crippen molar-refractivity contribution < 1.29 is 18.0 Å². The van der Waals surface area contributed by atoms with Crippen molar-refractivity contribution in [1.82, 2.24) is 5.32 Å². The Morgan fingerprint density at radius 3 is 1.88 bits per heavy atom. The second-order valence-electron chi connectivity index (χ2n) is 6.21. The molecule has 7 heteroatoms. The molecular weight excluding hydrogens is 352 g/mol. The molecular formula is C19H22N2O4S. The van der Waals surface area contributed by atoms with Crippen LogP contribution in [0.2, 0.25) is 0 Å². The summed E-state index contributed by atoms with van der Waals surface area (Å²) >= 11 is 0. The Balaban J connectivity index is 1.82. The van der Waals surface area contributed by atoms with Gasteiger partial charge in [-0.25, -0.2) is 8.42 Å². The number of aryl methyl sites for hydroxylation is 2. The zero-order valence-corrected chi connectivity index (χ0v) is 15.6. The summed E-state index contributed by atoms with van der Waals surface area (Å²) in [6, 6.07) is 14.5. The van der Waals surface area contributed by atoms with E-state index in [9.17, 15) is 18.0 Å². The van der Waals surface area contributed by atoms with Crippen molar-refractivity contribution in [3.8, 4) is 0 Å². The molecule has 26 heavy (non-hydrogen) atoms. The Labute approximate surface area is 153 Å². The standard InChI is InChI=1S/C19H22N2O4S/c1-14-3-7-16(8-4-14)11-20-18(22)12-26(24,25)13-19(23)21-17-9-5-15(2)6-10-17/h3-10H,11-13H2,1-2H3,(H,20,22)(H,21,23). The van der Waals surface area contributed by atoms with Gasteiger partial charge in [0.05, 0.1) is 0 Å². The molecule has 2 rings (SSSR count). The van der Waals surface area contributed by atoms with Crippen LogP contribution >= 0.6 is 0 Å². The molecule has 0 aromatic heterocycles. The molecule has 0 fully saturated rings. The fraction of sp³-hybridized carbons (Fsp3) is 0.263. The predicted octanol–water partition coefficient (Wildman–Crippen LogP) is 1.97. The van der Waals surface area contributed by atoms with Gasteiger partial charge in [0, 0.05) is 12.2 Å². The van der Waals surface area contributed by atoms with E-state index in [0.717, 1.165) is 16.7 Å². The quantitative estimate of drug-likeness (QED) is 0.775. The van der Waals surface area contributed by atoms with Crippen molar-refractivity contribution >= 4 is 27.3 Å². The summed E-state index contributed by atoms with van der Waals surface area (Å²) in [5.41, 5.74) is 3.51. The molecule has 0 aliphatic rings. The van der Waals surface area contributed by atoms with E-state index < -0.39 is 33.2 Å². The van der Waals surface area contributed by atoms with Crippen LogP contribution < -0.4 is 10.6 Å². The van der Waals surface area contributed by atoms with Gasteiger partial charge < -0.3 is 10.6 Å². The first-order valence-electron chi connectivity index (χ1n) is 8.13. The third kappa shape index (κ3) is 6.68. The molecule has 0 radical (unpaired) electrons. The normalized spacial score (nSPS) is 11.0. The summed E-state index contributed by atoms with van der Waals surface area (Å²) in [5, 5.41) is 5.07. The molecule has 2 amide bonds. The van der Waals surface area contributed by atoms with E-state index >= 15 is 0 Å². The van der Waals surface area contributed by atoms with Crippen molar-refractivity contribution in [2.45, 2.75) is 20.4 Å². The highest BCUT2D eigenvalue weighted by Gasteiger charge is 2.20. The average Bonchev–Trinajstić information content (AvgIpc) is 2.55. The molecule has 0 unspecified atom stereocenters. The summed E-state index contributed by atoms with van der Waals surface area (Å²) in [7, 11) is -3.84. The molecule has 0 spiro atoms. The van der Waals surface area contributed by atoms with E-state index in [2.05, 4.69) is 10.6 Å². The number of anilines is 1. The smallest absolute Gasteiger partial charge is 0.239 e. The molecule has 0 atom stereocenters. The minimum atomic E-state index is -3.84. The van der Waals surface area contributed by atoms with Gasteiger partial charge in [-0.05, 0) is 31.5 Å². The Hall–Kier alpha value is -2.67. The first-order chi connectivity index (χ1) is 12.2. The lowest BCUT2D eigenvalue weighted by Gasteiger charge is -2.08. The first-order valence-corrected chi connectivity index (χ1v) is 9.95. The molecule has 2 aromatic carbocycles. The van der Waals surface area contributed by atoms with E-state index in [0.29, 0.717) is 5.69 Å². The topological polar surface area (TPSA) is 92.3 Å². The number of carbonyl (C=O) groups excluding carboxylic acids is 2. The van der Waals surface area contributed by atoms with Crippen LogP contribution in [0.1, 0.15) is 16.7 Å². The summed E-state index contributed by atoms with van der Waals surface area (Å²) in [6.45, 7) is 4.10. The van der Waals surface area contributed by atoms with Crippen LogP contribution in [0.25, 0.3) is 0 Å². The first kappa shape index (κ1) is 19.7. The van der Waals surface area contributed by atoms with Crippen LogP contribution in [0.15, 0.2) is 48.5 Å². The highest BCUT2D eigenvalue weighted by molar-refractivity contribution is 7.92. The molecule has 0 bridgehead atoms. The molecule has 6 nitrogen and oxygen atoms in total. The lowest BCUT2D eigenvalue weighted by molar-refractivity contribution is -0.118. The third-order valence-corrected chi connectivity index (χ3v) is 5.05. The predicted molar refractivity (Wildman–Crippen MR) is 101 cm³/mol. The lowest BCUT2D eigenvalue weighted by Crippen LogP contribution is -2.33. The Morgan fingerprint density at radius 2 is 1.31 bits per heavy atom. The SMILES string of the molecule is Cc1ccc(CNC(=O)CS(=O)(=O)CC(=O)Nc2ccc(C)cc2)cc1. The van der Waals surface area contributed by atoms with E-state index in [1.54, 1.807) is 12.1 Å². The molecule has 0 saturated heterocycles. The fourth-order valence-electron chi connectivity index (χ4n) is 2.24. The third-order valence-electron chi connectivity index (χ3n) is 3.65. The van der Waals surface area contributed by atoms with Gasteiger partial charge in [0.25, 0.3) is 0 Å². The van der Waals surface area contributed by atoms with Crippen molar-refractivity contribution in [3.05, 3.63) is 65.2 Å². The molecule has 0 saturated carbocycles. The number of amides is 2. The second-order valence-corrected chi connectivity index (χ2v) is 8.27. The van der Waals surface area contributed by atoms with Crippen molar-refractivity contribution in [1.29, 1.82) is 0 Å². The maximum atomic E-state index is 12.0. The molecule has 138 valence electrons. The van der Waals surface area contributed by atoms with Crippen LogP contribution in [0.5, 0.6) is 0 Å². The molecule has 0 aliphatic carbocycles. The average molecular weight is 374 g/mol. The molecule has 2 N–H and O–H groups in total. The van der Waals surface area contributed by atoms with Gasteiger partial charge in [-0.2, -0.15) is 0 Å². The highest BCUT2D eigenvalue weighted by atomic mass is 32.2. The fourth-order valence-corrected chi connectivity index (χ4v) is 3.32. The van der Waals surface area contributed by atoms with Gasteiger partial charge in [0.15, 0.2) is 9.84 Å². The lowest BCUT2D eigenvalue weighted by atomic mass is 10.1. The monoisotopic (exact) mass is 374 g/mol. The minimum Gasteiger partial charge on any atom is -0.351 e. The van der Waals surface area contributed by atoms with E-state index in [4.69, 9.17) is 0 Å². The van der Waals surface area contributed by atoms with Crippen molar-refractivity contribution in [2.24, 2.45) is 0 Å². The number of sulfone groups is 1. The van der Waals surface area contributed by atoms with Gasteiger partial charge in [-0.15, -0.1) is 0 Å². The van der Waals surface area contributed by atoms with Crippen LogP contribution in [-0.4, -0.2) is 31.7 Å². The van der Waals surface area contributed by atoms with E-state index in [1.807, 2.05) is 50.2 Å². The van der Waals surface area contributed by atoms with E-state index in [1.165, 1.54) is 0 Å². The van der Waals surface area contributed by atoms with E-state index in [-0.39, 0.29) is 6.54 Å². The summed E-state index contributed by atoms with van der Waals surface area (Å²) in [4.78, 5) is 23.7. The van der Waals surface area contributed by atoms with Crippen LogP contribution in [0.4, 0.5) is 5.69 Å². The zero-order valence-electron chi connectivity index (χ0n) is 14.8. The van der Waals surface area contributed by atoms with Crippen LogP contribution in [-0.2, 0) is 26.0 Å². The molecule has 0 aliphatic heterocycles. The maximum absolute atomic E-state index is 12.0. The number of benzene rings is 2. The largest absolute Gasteiger partial charge is 0.351 e. The second kappa shape index (κ2) is 8.62. The summed E-state index contributed by atoms with van der Waals surface area (Å²) in [5.74, 6) is -2.76. The maximum Gasteiger partial charge on any atom is 0.239 e. The number of rotatable bonds is 7. The molecule has 0 heterocycles. The van der Waals surface area contributed by atoms with Crippen molar-refractivity contribution in [2.75, 3.05) is 16.8 Å². The number of hydrogen-bond acceptors (Lipinski definition) is 4. The number of carbonyl (C=O) groups is 2. The van der Waals surface area contributed by atoms with Gasteiger partial charge in [0.2, 0.25) is 11.8 Å². The Kier molecular flexibility index (Phi) is 6.52. The highest BCUT2D eigenvalue weighted by Crippen LogP contribution is 2.09. The minimum absolute atomic E-state index is 0.240. The summed E-state index contributed by atoms with van der Waals surface area (Å²) in [6.07, 6.45) is 0. The van der Waals surface area contributed by atoms with Crippen LogP contribution in [0.3, 0.4) is 0 Å². The van der Waals surface area contributed by atoms with Crippen LogP contribution in [0, 0.1) is 13.8 Å². The van der Waals surface area contributed by atoms with Crippen molar-refractivity contribution in [3.63, 3.8) is 0 Å². The van der Waals surface area contributed by atoms with Gasteiger partial charge in [-0.1, -0.05) is 47.5 Å². The van der Waals surface area contributed by atoms with Gasteiger partial charge in [0.1, 0.15) is 11.5 Å². The summed E-state index contributed by atoms with van der Waals surface area (Å²) < 4.78 is 24.1. The van der Waals surface area contributed by atoms with Gasteiger partial charge >= 0.3 is 0 Å². The molecule has 2 aromatic rings. The Bertz CT molecular complexity index is 873. The zero-order chi connectivity index (χ0) is 19.2. The number of nitrogens with one attached hydrogen (secondary N) is 2. The van der Waals surface area contributed by atoms with Gasteiger partial charge in [-0.3, -0.25) is 9.59 Å². The number of hydrogen-bond donors (Lipinski definition) is 2. The Morgan fingerprint density at radius 1 is 0.808 bits per heavy atom.